The average Bonchev–Trinajstić information content (AvgIpc) is 2.86. The quantitative estimate of drug-likeness (QED) is 0.863. The fourth-order valence-corrected chi connectivity index (χ4v) is 3.78. The molecule has 1 aliphatic heterocycles. The van der Waals surface area contributed by atoms with Crippen LogP contribution in [0.3, 0.4) is 0 Å². The lowest BCUT2D eigenvalue weighted by Crippen LogP contribution is -2.11. The number of fused-ring (bicyclic) bond motifs is 1. The predicted molar refractivity (Wildman–Crippen MR) is 88.4 cm³/mol. The third-order valence-corrected chi connectivity index (χ3v) is 4.86. The van der Waals surface area contributed by atoms with Crippen LogP contribution in [0.2, 0.25) is 0 Å². The van der Waals surface area contributed by atoms with Crippen molar-refractivity contribution >= 4 is 23.2 Å². The van der Waals surface area contributed by atoms with Crippen LogP contribution in [-0.4, -0.2) is 12.8 Å². The minimum absolute atomic E-state index is 0.117. The molecule has 1 heterocycles. The lowest BCUT2D eigenvalue weighted by atomic mass is 10.0. The number of Topliss-reactive ketones (excluding diaryl/α,β-unsaturated/α-hetero) is 1. The fourth-order valence-electron chi connectivity index (χ4n) is 2.63. The number of thioether (sulfide) groups is 1. The zero-order valence-corrected chi connectivity index (χ0v) is 13.0. The molecule has 0 saturated carbocycles. The summed E-state index contributed by atoms with van der Waals surface area (Å²) in [4.78, 5) is 14.5. The van der Waals surface area contributed by atoms with Crippen molar-refractivity contribution in [2.24, 2.45) is 0 Å². The summed E-state index contributed by atoms with van der Waals surface area (Å²) < 4.78 is 0. The molecule has 21 heavy (non-hydrogen) atoms. The van der Waals surface area contributed by atoms with Crippen molar-refractivity contribution in [3.05, 3.63) is 70.1 Å². The van der Waals surface area contributed by atoms with Crippen molar-refractivity contribution in [2.45, 2.75) is 18.2 Å². The molecule has 2 aromatic rings. The molecule has 0 saturated heterocycles. The molecule has 3 rings (SSSR count). The number of nitrogens with one attached hydrogen (secondary N) is 1. The van der Waals surface area contributed by atoms with Gasteiger partial charge in [-0.25, -0.2) is 0 Å². The Kier molecular flexibility index (Phi) is 3.84. The maximum absolute atomic E-state index is 12.7. The van der Waals surface area contributed by atoms with E-state index in [0.29, 0.717) is 0 Å². The normalized spacial score (nSPS) is 15.8. The molecule has 3 heteroatoms. The van der Waals surface area contributed by atoms with Crippen molar-refractivity contribution in [2.75, 3.05) is 7.05 Å². The molecule has 0 radical (unpaired) electrons. The monoisotopic (exact) mass is 295 g/mol. The predicted octanol–water partition coefficient (Wildman–Crippen LogP) is 4.13. The fraction of sp³-hybridized carbons (Fsp3) is 0.167. The zero-order chi connectivity index (χ0) is 14.8. The lowest BCUT2D eigenvalue weighted by molar-refractivity contribution is 0.104. The Morgan fingerprint density at radius 2 is 1.81 bits per heavy atom. The molecule has 0 atom stereocenters. The van der Waals surface area contributed by atoms with Gasteiger partial charge in [-0.05, 0) is 24.1 Å². The third kappa shape index (κ3) is 2.38. The number of rotatable bonds is 3. The van der Waals surface area contributed by atoms with Gasteiger partial charge >= 0.3 is 0 Å². The van der Waals surface area contributed by atoms with Gasteiger partial charge in [-0.1, -0.05) is 55.1 Å². The van der Waals surface area contributed by atoms with Gasteiger partial charge < -0.3 is 5.32 Å². The molecular weight excluding hydrogens is 278 g/mol. The number of hydrogen-bond donors (Lipinski definition) is 1. The van der Waals surface area contributed by atoms with E-state index in [2.05, 4.69) is 24.4 Å². The van der Waals surface area contributed by atoms with Gasteiger partial charge in [0.25, 0.3) is 0 Å². The number of hydrogen-bond acceptors (Lipinski definition) is 3. The van der Waals surface area contributed by atoms with E-state index < -0.39 is 0 Å². The van der Waals surface area contributed by atoms with Crippen molar-refractivity contribution in [3.63, 3.8) is 0 Å². The molecule has 0 fully saturated rings. The maximum atomic E-state index is 12.7. The summed E-state index contributed by atoms with van der Waals surface area (Å²) in [6, 6.07) is 16.0. The second-order valence-electron chi connectivity index (χ2n) is 4.89. The average molecular weight is 295 g/mol. The lowest BCUT2D eigenvalue weighted by Gasteiger charge is -2.13. The van der Waals surface area contributed by atoms with Gasteiger partial charge in [0.2, 0.25) is 5.78 Å². The summed E-state index contributed by atoms with van der Waals surface area (Å²) in [6.45, 7) is 2.13. The van der Waals surface area contributed by atoms with Crippen LogP contribution in [0.25, 0.3) is 5.70 Å². The number of ketones is 1. The highest BCUT2D eigenvalue weighted by molar-refractivity contribution is 8.05. The second-order valence-corrected chi connectivity index (χ2v) is 5.94. The maximum Gasteiger partial charge on any atom is 0.202 e. The largest absolute Gasteiger partial charge is 0.387 e. The highest BCUT2D eigenvalue weighted by Crippen LogP contribution is 2.43. The third-order valence-electron chi connectivity index (χ3n) is 3.69. The second kappa shape index (κ2) is 5.78. The Balaban J connectivity index is 2.15. The van der Waals surface area contributed by atoms with Gasteiger partial charge in [-0.15, -0.1) is 0 Å². The molecule has 2 nitrogen and oxygen atoms in total. The molecule has 0 unspecified atom stereocenters. The van der Waals surface area contributed by atoms with E-state index in [-0.39, 0.29) is 5.78 Å². The number of carbonyl (C=O) groups excluding carboxylic acids is 1. The van der Waals surface area contributed by atoms with Crippen LogP contribution in [0, 0.1) is 0 Å². The molecule has 0 aliphatic carbocycles. The number of allylic oxidation sites excluding steroid dienone is 1. The van der Waals surface area contributed by atoms with Crippen LogP contribution in [0.15, 0.2) is 58.3 Å². The Bertz CT molecular complexity index is 734. The van der Waals surface area contributed by atoms with Gasteiger partial charge in [0.15, 0.2) is 0 Å². The van der Waals surface area contributed by atoms with Crippen molar-refractivity contribution < 1.29 is 4.79 Å². The molecule has 106 valence electrons. The molecule has 2 aromatic carbocycles. The molecule has 0 bridgehead atoms. The highest BCUT2D eigenvalue weighted by atomic mass is 32.2. The topological polar surface area (TPSA) is 29.1 Å². The van der Waals surface area contributed by atoms with E-state index in [1.54, 1.807) is 11.8 Å². The van der Waals surface area contributed by atoms with Gasteiger partial charge in [-0.2, -0.15) is 0 Å². The van der Waals surface area contributed by atoms with Crippen LogP contribution >= 0.6 is 11.8 Å². The molecule has 0 amide bonds. The van der Waals surface area contributed by atoms with E-state index in [1.807, 2.05) is 43.4 Å². The zero-order valence-electron chi connectivity index (χ0n) is 12.1. The van der Waals surface area contributed by atoms with Crippen LogP contribution in [0.4, 0.5) is 0 Å². The van der Waals surface area contributed by atoms with Crippen LogP contribution in [-0.2, 0) is 6.42 Å². The van der Waals surface area contributed by atoms with Gasteiger partial charge in [0.1, 0.15) is 0 Å². The Hall–Kier alpha value is -2.00. The minimum Gasteiger partial charge on any atom is -0.387 e. The van der Waals surface area contributed by atoms with E-state index in [1.165, 1.54) is 5.56 Å². The van der Waals surface area contributed by atoms with Crippen molar-refractivity contribution in [1.29, 1.82) is 0 Å². The van der Waals surface area contributed by atoms with Gasteiger partial charge in [-0.3, -0.25) is 4.79 Å². The molecule has 1 aliphatic rings. The Labute approximate surface area is 129 Å². The van der Waals surface area contributed by atoms with Gasteiger partial charge in [0, 0.05) is 23.1 Å². The summed E-state index contributed by atoms with van der Waals surface area (Å²) in [5, 5.41) is 3.24. The van der Waals surface area contributed by atoms with Crippen molar-refractivity contribution in [1.82, 2.24) is 5.32 Å². The van der Waals surface area contributed by atoms with E-state index in [9.17, 15) is 4.79 Å². The van der Waals surface area contributed by atoms with Crippen molar-refractivity contribution in [3.8, 4) is 0 Å². The first-order valence-corrected chi connectivity index (χ1v) is 7.89. The number of aryl methyl sites for hydroxylation is 1. The molecular formula is C18H17NOS. The molecule has 0 spiro atoms. The van der Waals surface area contributed by atoms with Gasteiger partial charge in [0.05, 0.1) is 10.6 Å². The summed E-state index contributed by atoms with van der Waals surface area (Å²) >= 11 is 1.56. The molecule has 0 aromatic heterocycles. The first-order valence-electron chi connectivity index (χ1n) is 7.08. The SMILES string of the molecule is CCc1ccccc1/C(NC)=C1\Sc2ccccc2C1=O. The number of carbonyl (C=O) groups is 1. The standard InChI is InChI=1S/C18H17NOS/c1-3-12-8-4-5-9-13(12)16(19-2)18-17(20)14-10-6-7-11-15(14)21-18/h4-11,19H,3H2,1-2H3/b18-16+. The number of benzene rings is 2. The Morgan fingerprint density at radius 3 is 2.52 bits per heavy atom. The van der Waals surface area contributed by atoms with E-state index >= 15 is 0 Å². The van der Waals surface area contributed by atoms with Crippen LogP contribution in [0.1, 0.15) is 28.4 Å². The minimum atomic E-state index is 0.117. The smallest absolute Gasteiger partial charge is 0.202 e. The summed E-state index contributed by atoms with van der Waals surface area (Å²) in [6.07, 6.45) is 0.945. The first kappa shape index (κ1) is 14.0. The Morgan fingerprint density at radius 1 is 1.10 bits per heavy atom. The summed E-state index contributed by atoms with van der Waals surface area (Å²) in [7, 11) is 1.88. The summed E-state index contributed by atoms with van der Waals surface area (Å²) in [5.74, 6) is 0.117. The summed E-state index contributed by atoms with van der Waals surface area (Å²) in [5.41, 5.74) is 4.10. The molecule has 1 N–H and O–H groups in total. The first-order chi connectivity index (χ1) is 10.3. The van der Waals surface area contributed by atoms with E-state index in [4.69, 9.17) is 0 Å². The van der Waals surface area contributed by atoms with Crippen LogP contribution < -0.4 is 5.32 Å². The highest BCUT2D eigenvalue weighted by Gasteiger charge is 2.29. The van der Waals surface area contributed by atoms with E-state index in [0.717, 1.165) is 33.0 Å². The van der Waals surface area contributed by atoms with Crippen LogP contribution in [0.5, 0.6) is 0 Å².